The Kier molecular flexibility index (Phi) is 6.90. The molecule has 1 N–H and O–H groups in total. The molecule has 3 heteroatoms. The summed E-state index contributed by atoms with van der Waals surface area (Å²) < 4.78 is 0. The van der Waals surface area contributed by atoms with E-state index < -0.39 is 0 Å². The van der Waals surface area contributed by atoms with Crippen LogP contribution in [0.3, 0.4) is 0 Å². The first kappa shape index (κ1) is 12.9. The molecule has 0 spiro atoms. The van der Waals surface area contributed by atoms with Crippen molar-refractivity contribution < 1.29 is 4.79 Å². The molecule has 0 saturated heterocycles. The third kappa shape index (κ3) is 6.08. The van der Waals surface area contributed by atoms with Gasteiger partial charge in [-0.25, -0.2) is 0 Å². The number of amides is 1. The first-order chi connectivity index (χ1) is 7.33. The van der Waals surface area contributed by atoms with Gasteiger partial charge >= 0.3 is 0 Å². The number of nitrogens with one attached hydrogen (secondary N) is 1. The molecule has 15 heavy (non-hydrogen) atoms. The van der Waals surface area contributed by atoms with Gasteiger partial charge in [-0.05, 0) is 25.0 Å². The van der Waals surface area contributed by atoms with Gasteiger partial charge in [-0.15, -0.1) is 0 Å². The fraction of sp³-hybridized carbons (Fsp3) is 0.917. The van der Waals surface area contributed by atoms with Crippen LogP contribution in [0.15, 0.2) is 0 Å². The Morgan fingerprint density at radius 1 is 1.33 bits per heavy atom. The number of unbranched alkanes of at least 4 members (excludes halogenated alkanes) is 1. The van der Waals surface area contributed by atoms with E-state index in [0.29, 0.717) is 11.8 Å². The lowest BCUT2D eigenvalue weighted by Crippen LogP contribution is -2.37. The van der Waals surface area contributed by atoms with E-state index in [0.717, 1.165) is 5.75 Å². The zero-order valence-electron chi connectivity index (χ0n) is 9.76. The van der Waals surface area contributed by atoms with Crippen LogP contribution < -0.4 is 5.32 Å². The van der Waals surface area contributed by atoms with Crippen LogP contribution in [-0.4, -0.2) is 23.5 Å². The third-order valence-electron chi connectivity index (χ3n) is 2.85. The minimum Gasteiger partial charge on any atom is -0.353 e. The van der Waals surface area contributed by atoms with Crippen LogP contribution in [0.4, 0.5) is 0 Å². The molecule has 0 atom stereocenters. The van der Waals surface area contributed by atoms with Crippen LogP contribution in [0, 0.1) is 0 Å². The van der Waals surface area contributed by atoms with Crippen molar-refractivity contribution in [3.63, 3.8) is 0 Å². The molecule has 1 rings (SSSR count). The highest BCUT2D eigenvalue weighted by atomic mass is 32.2. The van der Waals surface area contributed by atoms with Crippen molar-refractivity contribution in [1.82, 2.24) is 5.32 Å². The highest BCUT2D eigenvalue weighted by Crippen LogP contribution is 2.17. The van der Waals surface area contributed by atoms with Crippen LogP contribution in [0.5, 0.6) is 0 Å². The summed E-state index contributed by atoms with van der Waals surface area (Å²) >= 11 is 1.76. The maximum Gasteiger partial charge on any atom is 0.230 e. The molecule has 0 aromatic rings. The van der Waals surface area contributed by atoms with Crippen molar-refractivity contribution in [1.29, 1.82) is 0 Å². The lowest BCUT2D eigenvalue weighted by Gasteiger charge is -2.22. The number of rotatable bonds is 6. The lowest BCUT2D eigenvalue weighted by molar-refractivity contribution is -0.119. The van der Waals surface area contributed by atoms with Gasteiger partial charge in [0.05, 0.1) is 5.75 Å². The SMILES string of the molecule is CCCCSCC(=O)NC1CCCCC1. The van der Waals surface area contributed by atoms with Crippen molar-refractivity contribution >= 4 is 17.7 Å². The molecule has 1 amide bonds. The molecular formula is C12H23NOS. The molecule has 1 aliphatic carbocycles. The van der Waals surface area contributed by atoms with Crippen LogP contribution in [0.2, 0.25) is 0 Å². The highest BCUT2D eigenvalue weighted by molar-refractivity contribution is 7.99. The topological polar surface area (TPSA) is 29.1 Å². The fourth-order valence-corrected chi connectivity index (χ4v) is 2.83. The molecule has 2 nitrogen and oxygen atoms in total. The van der Waals surface area contributed by atoms with Gasteiger partial charge in [0.25, 0.3) is 0 Å². The van der Waals surface area contributed by atoms with Crippen LogP contribution in [0.1, 0.15) is 51.9 Å². The summed E-state index contributed by atoms with van der Waals surface area (Å²) in [7, 11) is 0. The monoisotopic (exact) mass is 229 g/mol. The molecule has 0 aliphatic heterocycles. The first-order valence-electron chi connectivity index (χ1n) is 6.20. The number of hydrogen-bond donors (Lipinski definition) is 1. The second-order valence-corrected chi connectivity index (χ2v) is 5.41. The van der Waals surface area contributed by atoms with Gasteiger partial charge in [0.2, 0.25) is 5.91 Å². The summed E-state index contributed by atoms with van der Waals surface area (Å²) in [6.07, 6.45) is 8.73. The minimum absolute atomic E-state index is 0.239. The van der Waals surface area contributed by atoms with Crippen molar-refractivity contribution in [3.05, 3.63) is 0 Å². The standard InChI is InChI=1S/C12H23NOS/c1-2-3-9-15-10-12(14)13-11-7-5-4-6-8-11/h11H,2-10H2,1H3,(H,13,14). The Hall–Kier alpha value is -0.180. The average molecular weight is 229 g/mol. The summed E-state index contributed by atoms with van der Waals surface area (Å²) in [4.78, 5) is 11.5. The Bertz CT molecular complexity index is 178. The van der Waals surface area contributed by atoms with E-state index >= 15 is 0 Å². The van der Waals surface area contributed by atoms with Crippen molar-refractivity contribution in [2.45, 2.75) is 57.9 Å². The molecule has 0 radical (unpaired) electrons. The molecule has 0 aromatic heterocycles. The molecule has 1 aliphatic rings. The second-order valence-electron chi connectivity index (χ2n) is 4.31. The van der Waals surface area contributed by atoms with E-state index in [1.165, 1.54) is 44.9 Å². The summed E-state index contributed by atoms with van der Waals surface area (Å²) in [5.41, 5.74) is 0. The molecule has 0 heterocycles. The van der Waals surface area contributed by atoms with Gasteiger partial charge in [0, 0.05) is 6.04 Å². The summed E-state index contributed by atoms with van der Waals surface area (Å²) in [6.45, 7) is 2.18. The third-order valence-corrected chi connectivity index (χ3v) is 3.89. The van der Waals surface area contributed by atoms with Crippen molar-refractivity contribution in [2.75, 3.05) is 11.5 Å². The largest absolute Gasteiger partial charge is 0.353 e. The molecule has 0 aromatic carbocycles. The quantitative estimate of drug-likeness (QED) is 0.709. The zero-order valence-corrected chi connectivity index (χ0v) is 10.6. The first-order valence-corrected chi connectivity index (χ1v) is 7.35. The Balaban J connectivity index is 2.01. The fourth-order valence-electron chi connectivity index (χ4n) is 1.93. The summed E-state index contributed by atoms with van der Waals surface area (Å²) in [5.74, 6) is 2.01. The van der Waals surface area contributed by atoms with Gasteiger partial charge in [-0.2, -0.15) is 11.8 Å². The van der Waals surface area contributed by atoms with E-state index in [1.54, 1.807) is 11.8 Å². The van der Waals surface area contributed by atoms with Gasteiger partial charge in [-0.3, -0.25) is 4.79 Å². The number of carbonyl (C=O) groups is 1. The maximum absolute atomic E-state index is 11.5. The van der Waals surface area contributed by atoms with E-state index in [2.05, 4.69) is 12.2 Å². The average Bonchev–Trinajstić information content (AvgIpc) is 2.26. The van der Waals surface area contributed by atoms with Crippen LogP contribution in [0.25, 0.3) is 0 Å². The minimum atomic E-state index is 0.239. The Morgan fingerprint density at radius 2 is 2.07 bits per heavy atom. The second kappa shape index (κ2) is 8.03. The molecule has 88 valence electrons. The van der Waals surface area contributed by atoms with E-state index in [4.69, 9.17) is 0 Å². The van der Waals surface area contributed by atoms with Crippen molar-refractivity contribution in [2.24, 2.45) is 0 Å². The van der Waals surface area contributed by atoms with Gasteiger partial charge < -0.3 is 5.32 Å². The number of carbonyl (C=O) groups excluding carboxylic acids is 1. The van der Waals surface area contributed by atoms with Crippen LogP contribution >= 0.6 is 11.8 Å². The number of hydrogen-bond acceptors (Lipinski definition) is 2. The van der Waals surface area contributed by atoms with Crippen LogP contribution in [-0.2, 0) is 4.79 Å². The highest BCUT2D eigenvalue weighted by Gasteiger charge is 2.15. The van der Waals surface area contributed by atoms with E-state index in [9.17, 15) is 4.79 Å². The Morgan fingerprint density at radius 3 is 2.73 bits per heavy atom. The van der Waals surface area contributed by atoms with Crippen molar-refractivity contribution in [3.8, 4) is 0 Å². The molecule has 0 bridgehead atoms. The number of thioether (sulfide) groups is 1. The van der Waals surface area contributed by atoms with Gasteiger partial charge in [0.15, 0.2) is 0 Å². The predicted molar refractivity (Wildman–Crippen MR) is 67.2 cm³/mol. The summed E-state index contributed by atoms with van der Waals surface area (Å²) in [5, 5.41) is 3.14. The van der Waals surface area contributed by atoms with E-state index in [-0.39, 0.29) is 5.91 Å². The normalized spacial score (nSPS) is 17.7. The van der Waals surface area contributed by atoms with Gasteiger partial charge in [-0.1, -0.05) is 32.6 Å². The maximum atomic E-state index is 11.5. The zero-order chi connectivity index (χ0) is 10.9. The molecule has 0 unspecified atom stereocenters. The lowest BCUT2D eigenvalue weighted by atomic mass is 9.95. The molecule has 1 fully saturated rings. The Labute approximate surface area is 97.6 Å². The molecular weight excluding hydrogens is 206 g/mol. The predicted octanol–water partition coefficient (Wildman–Crippen LogP) is 2.97. The molecule has 1 saturated carbocycles. The summed E-state index contributed by atoms with van der Waals surface area (Å²) in [6, 6.07) is 0.470. The van der Waals surface area contributed by atoms with Gasteiger partial charge in [0.1, 0.15) is 0 Å². The smallest absolute Gasteiger partial charge is 0.230 e. The van der Waals surface area contributed by atoms with E-state index in [1.807, 2.05) is 0 Å².